The molecule has 182 valence electrons. The van der Waals surface area contributed by atoms with E-state index in [-0.39, 0.29) is 28.7 Å². The maximum Gasteiger partial charge on any atom is 0.268 e. The van der Waals surface area contributed by atoms with E-state index in [1.807, 2.05) is 10.9 Å². The number of hydrogen-bond acceptors (Lipinski definition) is 3. The van der Waals surface area contributed by atoms with Gasteiger partial charge in [-0.25, -0.2) is 9.07 Å². The molecule has 0 saturated heterocycles. The fraction of sp³-hybridized carbons (Fsp3) is 0.393. The number of fused-ring (bicyclic) bond motifs is 2. The average Bonchev–Trinajstić information content (AvgIpc) is 3.38. The number of allylic oxidation sites excluding steroid dienone is 1. The third kappa shape index (κ3) is 4.47. The first-order valence-electron chi connectivity index (χ1n) is 12.4. The minimum atomic E-state index is -0.276. The first-order valence-corrected chi connectivity index (χ1v) is 12.4. The number of nitrogens with one attached hydrogen (secondary N) is 2. The number of halogens is 1. The van der Waals surface area contributed by atoms with Gasteiger partial charge in [-0.15, -0.1) is 0 Å². The Bertz CT molecular complexity index is 1320. The van der Waals surface area contributed by atoms with Gasteiger partial charge in [0.25, 0.3) is 5.91 Å². The minimum Gasteiger partial charge on any atom is -0.348 e. The molecule has 6 nitrogen and oxygen atoms in total. The Labute approximate surface area is 204 Å². The predicted octanol–water partition coefficient (Wildman–Crippen LogP) is 5.04. The second kappa shape index (κ2) is 9.29. The van der Waals surface area contributed by atoms with Gasteiger partial charge in [-0.3, -0.25) is 9.59 Å². The van der Waals surface area contributed by atoms with Crippen molar-refractivity contribution in [2.75, 3.05) is 0 Å². The van der Waals surface area contributed by atoms with Crippen LogP contribution in [-0.4, -0.2) is 26.7 Å². The molecular formula is C28H31FN4O2. The van der Waals surface area contributed by atoms with E-state index in [0.29, 0.717) is 11.6 Å². The van der Waals surface area contributed by atoms with Gasteiger partial charge in [-0.1, -0.05) is 31.9 Å². The van der Waals surface area contributed by atoms with Crippen molar-refractivity contribution >= 4 is 12.0 Å². The Balaban J connectivity index is 1.35. The Hall–Kier alpha value is -3.48. The Morgan fingerprint density at radius 3 is 2.83 bits per heavy atom. The molecule has 3 atom stereocenters. The third-order valence-corrected chi connectivity index (χ3v) is 7.78. The number of pyridine rings is 1. The predicted molar refractivity (Wildman–Crippen MR) is 134 cm³/mol. The van der Waals surface area contributed by atoms with Crippen LogP contribution in [0.15, 0.2) is 59.0 Å². The molecule has 0 spiro atoms. The van der Waals surface area contributed by atoms with Crippen LogP contribution >= 0.6 is 0 Å². The number of aromatic nitrogens is 3. The number of aromatic amines is 1. The van der Waals surface area contributed by atoms with Crippen LogP contribution in [0.3, 0.4) is 0 Å². The van der Waals surface area contributed by atoms with Crippen LogP contribution in [0.2, 0.25) is 0 Å². The molecule has 35 heavy (non-hydrogen) atoms. The highest BCUT2D eigenvalue weighted by atomic mass is 19.1. The van der Waals surface area contributed by atoms with E-state index in [4.69, 9.17) is 0 Å². The first-order chi connectivity index (χ1) is 16.9. The van der Waals surface area contributed by atoms with Crippen LogP contribution in [0.4, 0.5) is 4.39 Å². The SMILES string of the molecule is CCCC(C[C@H]1CCC2=Cc3c(cnn3-c3ccc(F)cc3)C[C@@]21C)NC(=O)c1cccc(=O)[nH]1. The molecule has 3 aromatic rings. The molecular weight excluding hydrogens is 443 g/mol. The molecule has 7 heteroatoms. The highest BCUT2D eigenvalue weighted by Crippen LogP contribution is 2.54. The summed E-state index contributed by atoms with van der Waals surface area (Å²) in [6.45, 7) is 4.47. The molecule has 2 aliphatic rings. The topological polar surface area (TPSA) is 79.8 Å². The lowest BCUT2D eigenvalue weighted by Crippen LogP contribution is -2.40. The number of hydrogen-bond donors (Lipinski definition) is 2. The zero-order valence-corrected chi connectivity index (χ0v) is 20.2. The summed E-state index contributed by atoms with van der Waals surface area (Å²) < 4.78 is 15.3. The number of rotatable bonds is 7. The molecule has 2 heterocycles. The second-order valence-electron chi connectivity index (χ2n) is 10.1. The number of nitrogens with zero attached hydrogens (tertiary/aromatic N) is 2. The molecule has 5 rings (SSSR count). The number of carbonyl (C=O) groups excluding carboxylic acids is 1. The van der Waals surface area contributed by atoms with Gasteiger partial charge in [0.1, 0.15) is 11.5 Å². The molecule has 1 fully saturated rings. The van der Waals surface area contributed by atoms with Crippen LogP contribution < -0.4 is 10.9 Å². The molecule has 1 amide bonds. The maximum atomic E-state index is 13.4. The summed E-state index contributed by atoms with van der Waals surface area (Å²) in [5, 5.41) is 7.79. The molecule has 0 aliphatic heterocycles. The standard InChI is InChI=1S/C28H31FN4O2/c1-3-5-22(31-27(35)24-6-4-7-26(34)32-24)14-19-8-9-20-15-25-18(16-28(19,20)2)17-30-33(25)23-12-10-21(29)11-13-23/h4,6-7,10-13,15,17,19,22H,3,5,8-9,14,16H2,1-2H3,(H,31,35)(H,32,34)/t19-,22?,28-/m1/s1. The third-order valence-electron chi connectivity index (χ3n) is 7.78. The number of H-pyrrole nitrogens is 1. The van der Waals surface area contributed by atoms with E-state index in [2.05, 4.69) is 35.3 Å². The normalized spacial score (nSPS) is 21.7. The van der Waals surface area contributed by atoms with Gasteiger partial charge in [-0.05, 0) is 85.4 Å². The van der Waals surface area contributed by atoms with Crippen molar-refractivity contribution in [2.45, 2.75) is 58.4 Å². The molecule has 2 aliphatic carbocycles. The first kappa shape index (κ1) is 23.3. The van der Waals surface area contributed by atoms with Crippen LogP contribution in [0.5, 0.6) is 0 Å². The van der Waals surface area contributed by atoms with Crippen LogP contribution in [-0.2, 0) is 6.42 Å². The number of amides is 1. The Kier molecular flexibility index (Phi) is 6.17. The Morgan fingerprint density at radius 2 is 2.09 bits per heavy atom. The van der Waals surface area contributed by atoms with Crippen molar-refractivity contribution in [3.05, 3.63) is 87.4 Å². The molecule has 1 saturated carbocycles. The summed E-state index contributed by atoms with van der Waals surface area (Å²) in [5.41, 5.74) is 4.59. The summed E-state index contributed by atoms with van der Waals surface area (Å²) in [5.74, 6) is -0.0546. The van der Waals surface area contributed by atoms with Gasteiger partial charge in [0.15, 0.2) is 0 Å². The van der Waals surface area contributed by atoms with Gasteiger partial charge < -0.3 is 10.3 Å². The van der Waals surface area contributed by atoms with Crippen molar-refractivity contribution < 1.29 is 9.18 Å². The maximum absolute atomic E-state index is 13.4. The second-order valence-corrected chi connectivity index (χ2v) is 10.1. The fourth-order valence-electron chi connectivity index (χ4n) is 5.88. The zero-order chi connectivity index (χ0) is 24.6. The van der Waals surface area contributed by atoms with Crippen molar-refractivity contribution in [1.29, 1.82) is 0 Å². The summed E-state index contributed by atoms with van der Waals surface area (Å²) in [6, 6.07) is 11.1. The summed E-state index contributed by atoms with van der Waals surface area (Å²) in [7, 11) is 0. The molecule has 1 unspecified atom stereocenters. The van der Waals surface area contributed by atoms with E-state index >= 15 is 0 Å². The Morgan fingerprint density at radius 1 is 1.29 bits per heavy atom. The highest BCUT2D eigenvalue weighted by Gasteiger charge is 2.46. The van der Waals surface area contributed by atoms with E-state index in [9.17, 15) is 14.0 Å². The summed E-state index contributed by atoms with van der Waals surface area (Å²) >= 11 is 0. The molecule has 0 bridgehead atoms. The van der Waals surface area contributed by atoms with Crippen LogP contribution in [0, 0.1) is 17.2 Å². The van der Waals surface area contributed by atoms with Gasteiger partial charge in [0.2, 0.25) is 5.56 Å². The van der Waals surface area contributed by atoms with Crippen molar-refractivity contribution in [1.82, 2.24) is 20.1 Å². The lowest BCUT2D eigenvalue weighted by Gasteiger charge is -2.37. The smallest absolute Gasteiger partial charge is 0.268 e. The largest absolute Gasteiger partial charge is 0.348 e. The van der Waals surface area contributed by atoms with E-state index in [1.165, 1.54) is 29.3 Å². The van der Waals surface area contributed by atoms with Gasteiger partial charge in [0, 0.05) is 12.1 Å². The minimum absolute atomic E-state index is 0.0153. The zero-order valence-electron chi connectivity index (χ0n) is 20.2. The van der Waals surface area contributed by atoms with Crippen LogP contribution in [0.1, 0.15) is 67.7 Å². The number of benzene rings is 1. The quantitative estimate of drug-likeness (QED) is 0.503. The van der Waals surface area contributed by atoms with Gasteiger partial charge >= 0.3 is 0 Å². The van der Waals surface area contributed by atoms with Crippen molar-refractivity contribution in [3.63, 3.8) is 0 Å². The monoisotopic (exact) mass is 474 g/mol. The van der Waals surface area contributed by atoms with E-state index in [1.54, 1.807) is 24.3 Å². The molecule has 0 radical (unpaired) electrons. The fourth-order valence-corrected chi connectivity index (χ4v) is 5.88. The van der Waals surface area contributed by atoms with Gasteiger partial charge in [0.05, 0.1) is 17.6 Å². The number of carbonyl (C=O) groups is 1. The van der Waals surface area contributed by atoms with E-state index < -0.39 is 0 Å². The van der Waals surface area contributed by atoms with Crippen molar-refractivity contribution in [2.24, 2.45) is 11.3 Å². The highest BCUT2D eigenvalue weighted by molar-refractivity contribution is 5.92. The molecule has 2 N–H and O–H groups in total. The lowest BCUT2D eigenvalue weighted by molar-refractivity contribution is 0.0915. The van der Waals surface area contributed by atoms with Gasteiger partial charge in [-0.2, -0.15) is 5.10 Å². The van der Waals surface area contributed by atoms with Crippen LogP contribution in [0.25, 0.3) is 11.8 Å². The molecule has 2 aromatic heterocycles. The summed E-state index contributed by atoms with van der Waals surface area (Å²) in [4.78, 5) is 27.1. The summed E-state index contributed by atoms with van der Waals surface area (Å²) in [6.07, 6.45) is 9.97. The molecule has 1 aromatic carbocycles. The van der Waals surface area contributed by atoms with E-state index in [0.717, 1.165) is 49.9 Å². The lowest BCUT2D eigenvalue weighted by atomic mass is 9.68. The average molecular weight is 475 g/mol. The van der Waals surface area contributed by atoms with Crippen molar-refractivity contribution in [3.8, 4) is 5.69 Å².